The molecule has 0 radical (unpaired) electrons. The number of nitrogens with one attached hydrogen (secondary N) is 1. The van der Waals surface area contributed by atoms with Crippen LogP contribution >= 0.6 is 81.3 Å². The molecule has 1 fully saturated rings. The molecule has 0 amide bonds. The molecule has 3 nitrogen and oxygen atoms in total. The van der Waals surface area contributed by atoms with Crippen molar-refractivity contribution in [3.8, 4) is 5.75 Å². The van der Waals surface area contributed by atoms with Crippen molar-refractivity contribution in [1.29, 1.82) is 0 Å². The Morgan fingerprint density at radius 1 is 1.13 bits per heavy atom. The normalized spacial score (nSPS) is 16.3. The Morgan fingerprint density at radius 2 is 1.74 bits per heavy atom. The van der Waals surface area contributed by atoms with Gasteiger partial charge in [-0.3, -0.25) is 4.90 Å². The molecule has 8 heteroatoms. The quantitative estimate of drug-likeness (QED) is 0.511. The zero-order valence-electron chi connectivity index (χ0n) is 12.2. The van der Waals surface area contributed by atoms with Crippen LogP contribution in [0.4, 0.5) is 0 Å². The number of hydrogen-bond donors (Lipinski definition) is 2. The molecule has 1 aromatic heterocycles. The van der Waals surface area contributed by atoms with Gasteiger partial charge in [-0.05, 0) is 74.3 Å². The van der Waals surface area contributed by atoms with E-state index in [-0.39, 0.29) is 30.9 Å². The number of aromatic hydroxyl groups is 1. The van der Waals surface area contributed by atoms with Crippen LogP contribution in [0.15, 0.2) is 29.6 Å². The predicted octanol–water partition coefficient (Wildman–Crippen LogP) is 4.50. The van der Waals surface area contributed by atoms with E-state index >= 15 is 0 Å². The van der Waals surface area contributed by atoms with E-state index in [4.69, 9.17) is 0 Å². The van der Waals surface area contributed by atoms with Gasteiger partial charge in [0, 0.05) is 31.1 Å². The summed E-state index contributed by atoms with van der Waals surface area (Å²) >= 11 is 6.24. The Bertz CT molecular complexity index is 599. The third-order valence-electron chi connectivity index (χ3n) is 3.68. The van der Waals surface area contributed by atoms with Gasteiger partial charge in [0.05, 0.1) is 13.2 Å². The van der Waals surface area contributed by atoms with Crippen molar-refractivity contribution < 1.29 is 5.11 Å². The maximum Gasteiger partial charge on any atom is 0.142 e. The number of phenols is 1. The van der Waals surface area contributed by atoms with Crippen LogP contribution < -0.4 is 5.32 Å². The first kappa shape index (κ1) is 21.7. The summed E-state index contributed by atoms with van der Waals surface area (Å²) in [4.78, 5) is 3.90. The monoisotopic (exact) mass is 598 g/mol. The van der Waals surface area contributed by atoms with Gasteiger partial charge in [-0.15, -0.1) is 36.2 Å². The summed E-state index contributed by atoms with van der Waals surface area (Å²) in [6, 6.07) is 8.85. The van der Waals surface area contributed by atoms with Gasteiger partial charge in [-0.1, -0.05) is 6.07 Å². The highest BCUT2D eigenvalue weighted by atomic mass is 127. The Labute approximate surface area is 180 Å². The first-order valence-corrected chi connectivity index (χ1v) is 9.86. The van der Waals surface area contributed by atoms with E-state index in [2.05, 4.69) is 85.0 Å². The summed E-state index contributed by atoms with van der Waals surface area (Å²) in [6.07, 6.45) is 0. The smallest absolute Gasteiger partial charge is 0.142 e. The lowest BCUT2D eigenvalue weighted by Gasteiger charge is -2.35. The molecule has 23 heavy (non-hydrogen) atoms. The van der Waals surface area contributed by atoms with E-state index in [1.165, 1.54) is 10.4 Å². The number of thiophene rings is 1. The average molecular weight is 599 g/mol. The van der Waals surface area contributed by atoms with Crippen molar-refractivity contribution in [3.63, 3.8) is 0 Å². The maximum absolute atomic E-state index is 10.0. The highest BCUT2D eigenvalue weighted by Gasteiger charge is 2.25. The number of hydrogen-bond acceptors (Lipinski definition) is 4. The van der Waals surface area contributed by atoms with E-state index in [9.17, 15) is 5.11 Å². The van der Waals surface area contributed by atoms with Crippen molar-refractivity contribution in [1.82, 2.24) is 10.2 Å². The molecule has 0 bridgehead atoms. The second-order valence-electron chi connectivity index (χ2n) is 5.04. The van der Waals surface area contributed by atoms with Gasteiger partial charge < -0.3 is 10.4 Å². The molecule has 2 N–H and O–H groups in total. The second kappa shape index (κ2) is 9.98. The van der Waals surface area contributed by atoms with E-state index in [0.29, 0.717) is 5.75 Å². The molecule has 3 rings (SSSR count). The van der Waals surface area contributed by atoms with Crippen LogP contribution in [-0.2, 0) is 0 Å². The molecule has 1 saturated heterocycles. The summed E-state index contributed by atoms with van der Waals surface area (Å²) in [5, 5.41) is 15.6. The Hall–Kier alpha value is 0.680. The van der Waals surface area contributed by atoms with Crippen molar-refractivity contribution >= 4 is 81.3 Å². The molecule has 0 saturated carbocycles. The molecule has 1 aromatic carbocycles. The molecular weight excluding hydrogens is 581 g/mol. The molecule has 1 aliphatic rings. The third kappa shape index (κ3) is 5.08. The van der Waals surface area contributed by atoms with Crippen molar-refractivity contribution in [2.45, 2.75) is 6.04 Å². The van der Waals surface area contributed by atoms with Crippen LogP contribution in [-0.4, -0.2) is 36.2 Å². The molecule has 0 aliphatic carbocycles. The molecule has 2 heterocycles. The van der Waals surface area contributed by atoms with Crippen LogP contribution in [0.25, 0.3) is 0 Å². The SMILES string of the molecule is Cl.Cl.Oc1c(I)cc([C@@H](c2cccs2)N2CCNCC2)cc1I. The summed E-state index contributed by atoms with van der Waals surface area (Å²) < 4.78 is 1.84. The first-order chi connectivity index (χ1) is 10.2. The summed E-state index contributed by atoms with van der Waals surface area (Å²) in [7, 11) is 0. The van der Waals surface area contributed by atoms with Gasteiger partial charge in [0.1, 0.15) is 5.75 Å². The number of piperazine rings is 1. The van der Waals surface area contributed by atoms with Crippen molar-refractivity contribution in [2.24, 2.45) is 0 Å². The van der Waals surface area contributed by atoms with Crippen molar-refractivity contribution in [3.05, 3.63) is 47.2 Å². The highest BCUT2D eigenvalue weighted by Crippen LogP contribution is 2.36. The molecule has 0 unspecified atom stereocenters. The standard InChI is InChI=1S/C15H16I2N2OS.2ClH/c16-11-8-10(9-12(17)15(11)20)14(13-2-1-7-21-13)19-5-3-18-4-6-19;;/h1-2,7-9,14,18,20H,3-6H2;2*1H/t14-;;/m0../s1. The summed E-state index contributed by atoms with van der Waals surface area (Å²) in [5.41, 5.74) is 1.27. The first-order valence-electron chi connectivity index (χ1n) is 6.83. The molecule has 128 valence electrons. The van der Waals surface area contributed by atoms with Gasteiger partial charge in [-0.2, -0.15) is 0 Å². The molecule has 1 aliphatic heterocycles. The Kier molecular flexibility index (Phi) is 9.43. The van der Waals surface area contributed by atoms with Gasteiger partial charge in [0.2, 0.25) is 0 Å². The lowest BCUT2D eigenvalue weighted by Crippen LogP contribution is -2.45. The maximum atomic E-state index is 10.0. The number of halogens is 4. The minimum Gasteiger partial charge on any atom is -0.506 e. The molecular formula is C15H18Cl2I2N2OS. The fraction of sp³-hybridized carbons (Fsp3) is 0.333. The molecule has 0 spiro atoms. The predicted molar refractivity (Wildman–Crippen MR) is 119 cm³/mol. The summed E-state index contributed by atoms with van der Waals surface area (Å²) in [6.45, 7) is 4.18. The molecule has 1 atom stereocenters. The van der Waals surface area contributed by atoms with Crippen LogP contribution in [0.5, 0.6) is 5.75 Å². The van der Waals surface area contributed by atoms with Crippen LogP contribution in [0.3, 0.4) is 0 Å². The van der Waals surface area contributed by atoms with E-state index < -0.39 is 0 Å². The average Bonchev–Trinajstić information content (AvgIpc) is 3.00. The Morgan fingerprint density at radius 3 is 2.26 bits per heavy atom. The van der Waals surface area contributed by atoms with E-state index in [1.807, 2.05) is 0 Å². The lowest BCUT2D eigenvalue weighted by atomic mass is 10.0. The number of benzene rings is 1. The lowest BCUT2D eigenvalue weighted by molar-refractivity contribution is 0.200. The van der Waals surface area contributed by atoms with Crippen LogP contribution in [0.2, 0.25) is 0 Å². The summed E-state index contributed by atoms with van der Waals surface area (Å²) in [5.74, 6) is 0.394. The van der Waals surface area contributed by atoms with Gasteiger partial charge in [0.15, 0.2) is 0 Å². The number of nitrogens with zero attached hydrogens (tertiary/aromatic N) is 1. The van der Waals surface area contributed by atoms with E-state index in [0.717, 1.165) is 33.3 Å². The van der Waals surface area contributed by atoms with Gasteiger partial charge in [0.25, 0.3) is 0 Å². The zero-order valence-corrected chi connectivity index (χ0v) is 18.9. The number of rotatable bonds is 3. The van der Waals surface area contributed by atoms with Crippen LogP contribution in [0.1, 0.15) is 16.5 Å². The van der Waals surface area contributed by atoms with E-state index in [1.54, 1.807) is 11.3 Å². The third-order valence-corrected chi connectivity index (χ3v) is 6.25. The van der Waals surface area contributed by atoms with Gasteiger partial charge >= 0.3 is 0 Å². The zero-order chi connectivity index (χ0) is 14.8. The minimum absolute atomic E-state index is 0. The second-order valence-corrected chi connectivity index (χ2v) is 8.34. The fourth-order valence-corrected chi connectivity index (χ4v) is 5.39. The Balaban J connectivity index is 0.00000132. The minimum atomic E-state index is 0. The largest absolute Gasteiger partial charge is 0.506 e. The topological polar surface area (TPSA) is 35.5 Å². The highest BCUT2D eigenvalue weighted by molar-refractivity contribution is 14.1. The molecule has 2 aromatic rings. The van der Waals surface area contributed by atoms with Crippen molar-refractivity contribution in [2.75, 3.05) is 26.2 Å². The number of phenolic OH excluding ortho intramolecular Hbond substituents is 1. The van der Waals surface area contributed by atoms with Crippen LogP contribution in [0, 0.1) is 7.14 Å². The fourth-order valence-electron chi connectivity index (χ4n) is 2.69. The van der Waals surface area contributed by atoms with Gasteiger partial charge in [-0.25, -0.2) is 0 Å².